The molecule has 0 aliphatic carbocycles. The molecule has 1 heterocycles. The Morgan fingerprint density at radius 1 is 0.917 bits per heavy atom. The number of anilines is 1. The molecule has 0 unspecified atom stereocenters. The normalized spacial score (nSPS) is 13.8. The van der Waals surface area contributed by atoms with Crippen molar-refractivity contribution in [3.8, 4) is 0 Å². The van der Waals surface area contributed by atoms with Gasteiger partial charge in [-0.05, 0) is 42.8 Å². The summed E-state index contributed by atoms with van der Waals surface area (Å²) >= 11 is 0. The molecule has 8 heteroatoms. The Bertz CT molecular complexity index is 1090. The molecule has 2 aromatic carbocycles. The number of aryl methyl sites for hydroxylation is 1. The molecule has 122 valence electrons. The van der Waals surface area contributed by atoms with Crippen LogP contribution in [0, 0.1) is 6.92 Å². The van der Waals surface area contributed by atoms with E-state index in [0.717, 1.165) is 9.87 Å². The Morgan fingerprint density at radius 2 is 1.58 bits per heavy atom. The number of hydrogen-bond acceptors (Lipinski definition) is 4. The van der Waals surface area contributed by atoms with Crippen LogP contribution in [0.2, 0.25) is 0 Å². The van der Waals surface area contributed by atoms with Crippen LogP contribution < -0.4 is 15.0 Å². The van der Waals surface area contributed by atoms with Gasteiger partial charge in [0, 0.05) is 7.05 Å². The minimum atomic E-state index is -3.84. The number of benzene rings is 2. The van der Waals surface area contributed by atoms with Crippen LogP contribution in [0.4, 0.5) is 5.69 Å². The third-order valence-corrected chi connectivity index (χ3v) is 5.38. The molecule has 0 saturated heterocycles. The minimum Gasteiger partial charge on any atom is -0.269 e. The zero-order valence-electron chi connectivity index (χ0n) is 12.9. The SMILES string of the molecule is Cc1cccc(N(C)S(=O)(=O)c2ccc3c(c2)=NC(=O)C(=O)N=3)c1. The molecule has 3 rings (SSSR count). The van der Waals surface area contributed by atoms with Gasteiger partial charge in [0.2, 0.25) is 0 Å². The Balaban J connectivity index is 2.11. The van der Waals surface area contributed by atoms with Crippen molar-refractivity contribution in [2.24, 2.45) is 9.98 Å². The zero-order chi connectivity index (χ0) is 17.5. The third-order valence-electron chi connectivity index (χ3n) is 3.60. The van der Waals surface area contributed by atoms with Crippen LogP contribution >= 0.6 is 0 Å². The first kappa shape index (κ1) is 16.0. The fourth-order valence-corrected chi connectivity index (χ4v) is 3.49. The van der Waals surface area contributed by atoms with Crippen molar-refractivity contribution in [1.82, 2.24) is 0 Å². The lowest BCUT2D eigenvalue weighted by molar-refractivity contribution is -0.135. The maximum Gasteiger partial charge on any atom is 0.338 e. The van der Waals surface area contributed by atoms with Crippen molar-refractivity contribution < 1.29 is 18.0 Å². The van der Waals surface area contributed by atoms with Crippen molar-refractivity contribution in [2.45, 2.75) is 11.8 Å². The minimum absolute atomic E-state index is 0.0358. The highest BCUT2D eigenvalue weighted by Crippen LogP contribution is 2.21. The lowest BCUT2D eigenvalue weighted by Gasteiger charge is -2.20. The van der Waals surface area contributed by atoms with Gasteiger partial charge in [0.15, 0.2) is 0 Å². The summed E-state index contributed by atoms with van der Waals surface area (Å²) in [5.41, 5.74) is 1.44. The molecule has 0 fully saturated rings. The molecule has 24 heavy (non-hydrogen) atoms. The van der Waals surface area contributed by atoms with Gasteiger partial charge in [-0.2, -0.15) is 0 Å². The molecule has 0 bridgehead atoms. The second-order valence-corrected chi connectivity index (χ2v) is 7.27. The number of rotatable bonds is 3. The van der Waals surface area contributed by atoms with Crippen LogP contribution in [0.1, 0.15) is 5.56 Å². The van der Waals surface area contributed by atoms with Gasteiger partial charge in [-0.15, -0.1) is 0 Å². The standard InChI is InChI=1S/C16H13N3O4S/c1-10-4-3-5-11(8-10)19(2)24(22,23)12-6-7-13-14(9-12)18-16(21)15(20)17-13/h3-9H,1-2H3. The summed E-state index contributed by atoms with van der Waals surface area (Å²) in [6, 6.07) is 11.0. The highest BCUT2D eigenvalue weighted by molar-refractivity contribution is 7.92. The topological polar surface area (TPSA) is 96.2 Å². The Labute approximate surface area is 138 Å². The summed E-state index contributed by atoms with van der Waals surface area (Å²) in [5, 5.41) is 0.245. The van der Waals surface area contributed by atoms with E-state index in [-0.39, 0.29) is 15.6 Å². The Hall–Kier alpha value is -2.87. The third kappa shape index (κ3) is 2.71. The molecule has 0 spiro atoms. The quantitative estimate of drug-likeness (QED) is 0.740. The maximum atomic E-state index is 12.8. The van der Waals surface area contributed by atoms with Crippen molar-refractivity contribution in [3.05, 3.63) is 58.7 Å². The highest BCUT2D eigenvalue weighted by atomic mass is 32.2. The van der Waals surface area contributed by atoms with E-state index in [0.29, 0.717) is 5.69 Å². The van der Waals surface area contributed by atoms with Crippen LogP contribution in [-0.2, 0) is 19.6 Å². The van der Waals surface area contributed by atoms with Gasteiger partial charge < -0.3 is 0 Å². The van der Waals surface area contributed by atoms with E-state index in [4.69, 9.17) is 0 Å². The smallest absolute Gasteiger partial charge is 0.269 e. The highest BCUT2D eigenvalue weighted by Gasteiger charge is 2.23. The van der Waals surface area contributed by atoms with Gasteiger partial charge in [0.25, 0.3) is 10.0 Å². The molecule has 0 aromatic heterocycles. The van der Waals surface area contributed by atoms with Crippen LogP contribution in [0.3, 0.4) is 0 Å². The summed E-state index contributed by atoms with van der Waals surface area (Å²) in [6.45, 7) is 1.87. The molecular weight excluding hydrogens is 330 g/mol. The summed E-state index contributed by atoms with van der Waals surface area (Å²) < 4.78 is 26.7. The van der Waals surface area contributed by atoms with Gasteiger partial charge in [-0.1, -0.05) is 12.1 Å². The van der Waals surface area contributed by atoms with Crippen molar-refractivity contribution in [1.29, 1.82) is 0 Å². The first-order chi connectivity index (χ1) is 11.3. The molecular formula is C16H13N3O4S. The van der Waals surface area contributed by atoms with E-state index in [1.807, 2.05) is 13.0 Å². The van der Waals surface area contributed by atoms with E-state index in [2.05, 4.69) is 9.98 Å². The second kappa shape index (κ2) is 5.64. The summed E-state index contributed by atoms with van der Waals surface area (Å²) in [6.07, 6.45) is 0. The molecule has 0 atom stereocenters. The predicted molar refractivity (Wildman–Crippen MR) is 85.5 cm³/mol. The number of fused-ring (bicyclic) bond motifs is 1. The predicted octanol–water partition coefficient (Wildman–Crippen LogP) is 0.126. The van der Waals surface area contributed by atoms with Crippen molar-refractivity contribution in [2.75, 3.05) is 11.4 Å². The van der Waals surface area contributed by atoms with Crippen LogP contribution in [0.15, 0.2) is 57.3 Å². The van der Waals surface area contributed by atoms with Gasteiger partial charge in [0.1, 0.15) is 0 Å². The lowest BCUT2D eigenvalue weighted by atomic mass is 10.2. The molecule has 0 N–H and O–H groups in total. The first-order valence-electron chi connectivity index (χ1n) is 7.00. The lowest BCUT2D eigenvalue weighted by Crippen LogP contribution is -2.36. The largest absolute Gasteiger partial charge is 0.338 e. The van der Waals surface area contributed by atoms with E-state index in [9.17, 15) is 18.0 Å². The number of carbonyl (C=O) groups is 2. The first-order valence-corrected chi connectivity index (χ1v) is 8.44. The molecule has 2 aromatic rings. The molecule has 0 radical (unpaired) electrons. The van der Waals surface area contributed by atoms with E-state index >= 15 is 0 Å². The van der Waals surface area contributed by atoms with Crippen LogP contribution in [-0.4, -0.2) is 27.3 Å². The molecule has 1 aliphatic rings. The van der Waals surface area contributed by atoms with Gasteiger partial charge >= 0.3 is 11.8 Å². The number of hydrogen-bond donors (Lipinski definition) is 0. The Kier molecular flexibility index (Phi) is 3.76. The number of amides is 2. The zero-order valence-corrected chi connectivity index (χ0v) is 13.7. The van der Waals surface area contributed by atoms with Gasteiger partial charge in [-0.3, -0.25) is 13.9 Å². The summed E-state index contributed by atoms with van der Waals surface area (Å²) in [5.74, 6) is -1.97. The van der Waals surface area contributed by atoms with E-state index in [1.54, 1.807) is 18.2 Å². The molecule has 0 saturated carbocycles. The number of carbonyl (C=O) groups excluding carboxylic acids is 2. The van der Waals surface area contributed by atoms with E-state index < -0.39 is 21.8 Å². The fourth-order valence-electron chi connectivity index (χ4n) is 2.28. The number of nitrogens with zero attached hydrogens (tertiary/aromatic N) is 3. The Morgan fingerprint density at radius 3 is 2.25 bits per heavy atom. The van der Waals surface area contributed by atoms with Gasteiger partial charge in [-0.25, -0.2) is 18.4 Å². The van der Waals surface area contributed by atoms with Crippen molar-refractivity contribution >= 4 is 27.5 Å². The molecule has 7 nitrogen and oxygen atoms in total. The second-order valence-electron chi connectivity index (χ2n) is 5.30. The van der Waals surface area contributed by atoms with Gasteiger partial charge in [0.05, 0.1) is 21.3 Å². The number of sulfonamides is 1. The monoisotopic (exact) mass is 343 g/mol. The molecule has 1 aliphatic heterocycles. The summed E-state index contributed by atoms with van der Waals surface area (Å²) in [4.78, 5) is 29.7. The molecule has 2 amide bonds. The van der Waals surface area contributed by atoms with Crippen LogP contribution in [0.5, 0.6) is 0 Å². The van der Waals surface area contributed by atoms with Crippen LogP contribution in [0.25, 0.3) is 0 Å². The average Bonchev–Trinajstić information content (AvgIpc) is 2.54. The van der Waals surface area contributed by atoms with Crippen molar-refractivity contribution in [3.63, 3.8) is 0 Å². The van der Waals surface area contributed by atoms with E-state index in [1.165, 1.54) is 25.2 Å². The fraction of sp³-hybridized carbons (Fsp3) is 0.125. The maximum absolute atomic E-state index is 12.8. The average molecular weight is 343 g/mol. The summed E-state index contributed by atoms with van der Waals surface area (Å²) in [7, 11) is -2.39.